The van der Waals surface area contributed by atoms with E-state index in [1.54, 1.807) is 17.9 Å². The molecule has 1 atom stereocenters. The first-order valence-corrected chi connectivity index (χ1v) is 15.0. The van der Waals surface area contributed by atoms with E-state index >= 15 is 0 Å². The Kier molecular flexibility index (Phi) is 9.76. The number of amides is 2. The van der Waals surface area contributed by atoms with Gasteiger partial charge < -0.3 is 10.2 Å². The highest BCUT2D eigenvalue weighted by molar-refractivity contribution is 7.92. The quantitative estimate of drug-likeness (QED) is 0.461. The summed E-state index contributed by atoms with van der Waals surface area (Å²) in [6.07, 6.45) is 5.86. The molecule has 0 aromatic heterocycles. The minimum atomic E-state index is -3.53. The van der Waals surface area contributed by atoms with Crippen molar-refractivity contribution in [2.75, 3.05) is 17.1 Å². The van der Waals surface area contributed by atoms with Crippen LogP contribution in [0.25, 0.3) is 0 Å². The van der Waals surface area contributed by atoms with E-state index in [0.717, 1.165) is 47.9 Å². The smallest absolute Gasteiger partial charge is 0.242 e. The fourth-order valence-corrected chi connectivity index (χ4v) is 5.87. The molecular formula is C29H41N3O4S. The Labute approximate surface area is 222 Å². The lowest BCUT2D eigenvalue weighted by Gasteiger charge is -2.30. The first-order valence-electron chi connectivity index (χ1n) is 13.2. The maximum absolute atomic E-state index is 13.5. The zero-order valence-electron chi connectivity index (χ0n) is 22.8. The Morgan fingerprint density at radius 3 is 2.30 bits per heavy atom. The molecule has 0 spiro atoms. The molecule has 0 unspecified atom stereocenters. The lowest BCUT2D eigenvalue weighted by Crippen LogP contribution is -2.49. The second-order valence-corrected chi connectivity index (χ2v) is 12.2. The second kappa shape index (κ2) is 12.6. The summed E-state index contributed by atoms with van der Waals surface area (Å²) in [5, 5.41) is 3.12. The van der Waals surface area contributed by atoms with E-state index in [0.29, 0.717) is 18.7 Å². The molecule has 1 fully saturated rings. The summed E-state index contributed by atoms with van der Waals surface area (Å²) in [5.41, 5.74) is 4.62. The van der Waals surface area contributed by atoms with Crippen molar-refractivity contribution in [3.8, 4) is 0 Å². The third-order valence-corrected chi connectivity index (χ3v) is 8.52. The molecule has 2 aromatic carbocycles. The maximum Gasteiger partial charge on any atom is 0.242 e. The predicted octanol–water partition coefficient (Wildman–Crippen LogP) is 4.63. The van der Waals surface area contributed by atoms with Crippen molar-refractivity contribution >= 4 is 27.5 Å². The number of nitrogens with zero attached hydrogens (tertiary/aromatic N) is 2. The average molecular weight is 528 g/mol. The molecule has 37 heavy (non-hydrogen) atoms. The van der Waals surface area contributed by atoms with Gasteiger partial charge >= 0.3 is 0 Å². The number of nitrogens with one attached hydrogen (secondary N) is 1. The van der Waals surface area contributed by atoms with Crippen LogP contribution in [-0.4, -0.2) is 50.0 Å². The summed E-state index contributed by atoms with van der Waals surface area (Å²) >= 11 is 0. The summed E-state index contributed by atoms with van der Waals surface area (Å²) in [6, 6.07) is 13.1. The predicted molar refractivity (Wildman–Crippen MR) is 149 cm³/mol. The molecule has 2 amide bonds. The zero-order valence-corrected chi connectivity index (χ0v) is 23.6. The summed E-state index contributed by atoms with van der Waals surface area (Å²) < 4.78 is 26.6. The van der Waals surface area contributed by atoms with Crippen LogP contribution in [0.3, 0.4) is 0 Å². The number of hydrogen-bond acceptors (Lipinski definition) is 4. The number of rotatable bonds is 11. The Hall–Kier alpha value is -2.87. The molecule has 0 heterocycles. The average Bonchev–Trinajstić information content (AvgIpc) is 3.35. The van der Waals surface area contributed by atoms with E-state index in [1.807, 2.05) is 57.2 Å². The van der Waals surface area contributed by atoms with E-state index in [2.05, 4.69) is 5.32 Å². The molecule has 2 aromatic rings. The van der Waals surface area contributed by atoms with Crippen LogP contribution in [0.5, 0.6) is 0 Å². The van der Waals surface area contributed by atoms with Crippen molar-refractivity contribution in [3.63, 3.8) is 0 Å². The molecule has 0 radical (unpaired) electrons. The standard InChI is InChI=1S/C29H41N3O4S/c1-21-15-17-25(18-16-21)20-31(24(4)29(34)30-26-11-6-7-12-26)28(33)14-9-19-32(37(5,35)36)27-13-8-10-22(2)23(27)3/h8,10,13,15-18,24,26H,6-7,9,11-12,14,19-20H2,1-5H3,(H,30,34)/t24-/m0/s1. The highest BCUT2D eigenvalue weighted by atomic mass is 32.2. The fraction of sp³-hybridized carbons (Fsp3) is 0.517. The Balaban J connectivity index is 1.73. The van der Waals surface area contributed by atoms with Gasteiger partial charge in [-0.3, -0.25) is 13.9 Å². The van der Waals surface area contributed by atoms with Gasteiger partial charge in [-0.25, -0.2) is 8.42 Å². The van der Waals surface area contributed by atoms with Crippen molar-refractivity contribution < 1.29 is 18.0 Å². The van der Waals surface area contributed by atoms with Crippen LogP contribution in [0.1, 0.15) is 67.7 Å². The number of carbonyl (C=O) groups is 2. The minimum Gasteiger partial charge on any atom is -0.352 e. The van der Waals surface area contributed by atoms with Gasteiger partial charge in [0.05, 0.1) is 11.9 Å². The molecule has 8 heteroatoms. The van der Waals surface area contributed by atoms with Gasteiger partial charge in [-0.2, -0.15) is 0 Å². The summed E-state index contributed by atoms with van der Waals surface area (Å²) in [6.45, 7) is 8.15. The van der Waals surface area contributed by atoms with Crippen LogP contribution in [0.4, 0.5) is 5.69 Å². The van der Waals surface area contributed by atoms with Gasteiger partial charge in [-0.05, 0) is 69.7 Å². The number of sulfonamides is 1. The molecule has 7 nitrogen and oxygen atoms in total. The van der Waals surface area contributed by atoms with Crippen molar-refractivity contribution in [1.82, 2.24) is 10.2 Å². The lowest BCUT2D eigenvalue weighted by molar-refractivity contribution is -0.141. The number of benzene rings is 2. The van der Waals surface area contributed by atoms with Crippen LogP contribution in [0, 0.1) is 20.8 Å². The van der Waals surface area contributed by atoms with Crippen molar-refractivity contribution in [2.45, 2.75) is 84.8 Å². The SMILES string of the molecule is Cc1ccc(CN(C(=O)CCCN(c2cccc(C)c2C)S(C)(=O)=O)[C@@H](C)C(=O)NC2CCCC2)cc1. The largest absolute Gasteiger partial charge is 0.352 e. The Bertz CT molecular complexity index is 1190. The van der Waals surface area contributed by atoms with Crippen LogP contribution >= 0.6 is 0 Å². The molecule has 0 saturated heterocycles. The van der Waals surface area contributed by atoms with Gasteiger partial charge in [0.25, 0.3) is 0 Å². The number of anilines is 1. The summed E-state index contributed by atoms with van der Waals surface area (Å²) in [5.74, 6) is -0.301. The van der Waals surface area contributed by atoms with Gasteiger partial charge in [0, 0.05) is 25.6 Å². The molecule has 1 aliphatic rings. The molecule has 0 aliphatic heterocycles. The minimum absolute atomic E-state index is 0.138. The second-order valence-electron chi connectivity index (χ2n) is 10.3. The number of carbonyl (C=O) groups excluding carboxylic acids is 2. The first kappa shape index (κ1) is 28.7. The monoisotopic (exact) mass is 527 g/mol. The van der Waals surface area contributed by atoms with Gasteiger partial charge in [-0.1, -0.05) is 54.8 Å². The van der Waals surface area contributed by atoms with Gasteiger partial charge in [-0.15, -0.1) is 0 Å². The van der Waals surface area contributed by atoms with Gasteiger partial charge in [0.1, 0.15) is 6.04 Å². The van der Waals surface area contributed by atoms with E-state index in [-0.39, 0.29) is 30.8 Å². The van der Waals surface area contributed by atoms with Crippen LogP contribution in [0.2, 0.25) is 0 Å². The molecule has 3 rings (SSSR count). The lowest BCUT2D eigenvalue weighted by atomic mass is 10.1. The van der Waals surface area contributed by atoms with Crippen LogP contribution < -0.4 is 9.62 Å². The molecule has 0 bridgehead atoms. The molecule has 1 aliphatic carbocycles. The van der Waals surface area contributed by atoms with E-state index in [9.17, 15) is 18.0 Å². The number of hydrogen-bond donors (Lipinski definition) is 1. The Morgan fingerprint density at radius 1 is 1.03 bits per heavy atom. The Morgan fingerprint density at radius 2 is 1.68 bits per heavy atom. The van der Waals surface area contributed by atoms with Gasteiger partial charge in [0.15, 0.2) is 0 Å². The normalized spacial score (nSPS) is 14.8. The van der Waals surface area contributed by atoms with Crippen LogP contribution in [0.15, 0.2) is 42.5 Å². The van der Waals surface area contributed by atoms with Gasteiger partial charge in [0.2, 0.25) is 21.8 Å². The highest BCUT2D eigenvalue weighted by Gasteiger charge is 2.29. The van der Waals surface area contributed by atoms with Crippen LogP contribution in [-0.2, 0) is 26.2 Å². The van der Waals surface area contributed by atoms with Crippen molar-refractivity contribution in [3.05, 3.63) is 64.7 Å². The highest BCUT2D eigenvalue weighted by Crippen LogP contribution is 2.26. The third-order valence-electron chi connectivity index (χ3n) is 7.34. The maximum atomic E-state index is 13.5. The third kappa shape index (κ3) is 7.81. The van der Waals surface area contributed by atoms with Crippen molar-refractivity contribution in [1.29, 1.82) is 0 Å². The van der Waals surface area contributed by atoms with E-state index in [4.69, 9.17) is 0 Å². The molecule has 202 valence electrons. The molecule has 1 saturated carbocycles. The fourth-order valence-electron chi connectivity index (χ4n) is 4.85. The molecule has 1 N–H and O–H groups in total. The number of aryl methyl sites for hydroxylation is 2. The first-order chi connectivity index (χ1) is 17.5. The van der Waals surface area contributed by atoms with E-state index in [1.165, 1.54) is 10.6 Å². The molecular weight excluding hydrogens is 486 g/mol. The van der Waals surface area contributed by atoms with E-state index < -0.39 is 16.1 Å². The summed E-state index contributed by atoms with van der Waals surface area (Å²) in [7, 11) is -3.53. The zero-order chi connectivity index (χ0) is 27.2. The summed E-state index contributed by atoms with van der Waals surface area (Å²) in [4.78, 5) is 28.2. The topological polar surface area (TPSA) is 86.8 Å². The van der Waals surface area contributed by atoms with Crippen molar-refractivity contribution in [2.24, 2.45) is 0 Å².